The molecule has 2 rings (SSSR count). The molecule has 0 spiro atoms. The van der Waals surface area contributed by atoms with Gasteiger partial charge in [0.15, 0.2) is 0 Å². The number of hydrogen-bond donors (Lipinski definition) is 1. The van der Waals surface area contributed by atoms with Crippen molar-refractivity contribution in [1.29, 1.82) is 0 Å². The molecule has 1 amide bonds. The highest BCUT2D eigenvalue weighted by Gasteiger charge is 2.32. The highest BCUT2D eigenvalue weighted by atomic mass is 16.6. The van der Waals surface area contributed by atoms with Crippen molar-refractivity contribution in [2.75, 3.05) is 14.2 Å². The number of amides is 1. The predicted octanol–water partition coefficient (Wildman–Crippen LogP) is 5.30. The lowest BCUT2D eigenvalue weighted by molar-refractivity contribution is -0.151. The number of esters is 1. The molecule has 34 heavy (non-hydrogen) atoms. The summed E-state index contributed by atoms with van der Waals surface area (Å²) in [5.74, 6) is 0.424. The van der Waals surface area contributed by atoms with Gasteiger partial charge in [0.2, 0.25) is 0 Å². The van der Waals surface area contributed by atoms with Crippen LogP contribution in [0, 0.1) is 13.8 Å². The quantitative estimate of drug-likeness (QED) is 0.526. The maximum Gasteiger partial charge on any atom is 0.408 e. The molecule has 0 aliphatic heterocycles. The second-order valence-corrected chi connectivity index (χ2v) is 9.48. The molecule has 7 heteroatoms. The third kappa shape index (κ3) is 7.14. The topological polar surface area (TPSA) is 83.1 Å². The zero-order valence-electron chi connectivity index (χ0n) is 21.6. The third-order valence-corrected chi connectivity index (χ3v) is 5.30. The Hall–Kier alpha value is -3.22. The summed E-state index contributed by atoms with van der Waals surface area (Å²) in [6.45, 7) is 12.7. The number of methoxy groups -OCH3 is 2. The van der Waals surface area contributed by atoms with Crippen molar-refractivity contribution in [1.82, 2.24) is 5.32 Å². The van der Waals surface area contributed by atoms with Crippen LogP contribution in [0.15, 0.2) is 36.4 Å². The molecule has 0 aliphatic rings. The van der Waals surface area contributed by atoms with Gasteiger partial charge in [-0.15, -0.1) is 0 Å². The van der Waals surface area contributed by atoms with Crippen molar-refractivity contribution in [3.63, 3.8) is 0 Å². The number of rotatable bonds is 8. The van der Waals surface area contributed by atoms with E-state index in [1.165, 1.54) is 0 Å². The third-order valence-electron chi connectivity index (χ3n) is 5.30. The summed E-state index contributed by atoms with van der Waals surface area (Å²) >= 11 is 0. The molecular weight excluding hydrogens is 434 g/mol. The van der Waals surface area contributed by atoms with E-state index in [4.69, 9.17) is 18.9 Å². The Kier molecular flexibility index (Phi) is 8.96. The zero-order chi connectivity index (χ0) is 25.6. The van der Waals surface area contributed by atoms with Gasteiger partial charge in [0.25, 0.3) is 0 Å². The van der Waals surface area contributed by atoms with Crippen LogP contribution in [0.2, 0.25) is 0 Å². The standard InChI is InChI=1S/C27H37NO6/c1-16-10-12-22(31-8)20(14-16)24(21-15-17(2)11-13-23(21)32-9)19(4)33-25(29)18(3)28-26(30)34-27(5,6)7/h10-15,18-19,24H,1-9H3,(H,28,30)/t18-,19-/m0/s1. The van der Waals surface area contributed by atoms with Crippen LogP contribution >= 0.6 is 0 Å². The van der Waals surface area contributed by atoms with Gasteiger partial charge < -0.3 is 24.3 Å². The van der Waals surface area contributed by atoms with Gasteiger partial charge >= 0.3 is 12.1 Å². The first-order valence-corrected chi connectivity index (χ1v) is 11.3. The molecule has 1 N–H and O–H groups in total. The van der Waals surface area contributed by atoms with Crippen molar-refractivity contribution >= 4 is 12.1 Å². The number of nitrogens with one attached hydrogen (secondary N) is 1. The average molecular weight is 472 g/mol. The van der Waals surface area contributed by atoms with Crippen molar-refractivity contribution < 1.29 is 28.5 Å². The van der Waals surface area contributed by atoms with Crippen LogP contribution in [0.1, 0.15) is 62.8 Å². The Morgan fingerprint density at radius 3 is 1.74 bits per heavy atom. The van der Waals surface area contributed by atoms with E-state index in [1.807, 2.05) is 57.2 Å². The monoisotopic (exact) mass is 471 g/mol. The number of alkyl carbamates (subject to hydrolysis) is 1. The normalized spacial score (nSPS) is 13.1. The van der Waals surface area contributed by atoms with Crippen molar-refractivity contribution in [2.45, 2.75) is 72.1 Å². The number of hydrogen-bond acceptors (Lipinski definition) is 6. The van der Waals surface area contributed by atoms with E-state index in [-0.39, 0.29) is 5.92 Å². The summed E-state index contributed by atoms with van der Waals surface area (Å²) in [5.41, 5.74) is 3.17. The minimum atomic E-state index is -0.892. The fourth-order valence-corrected chi connectivity index (χ4v) is 3.76. The maximum absolute atomic E-state index is 12.9. The lowest BCUT2D eigenvalue weighted by Gasteiger charge is -2.29. The molecule has 0 radical (unpaired) electrons. The van der Waals surface area contributed by atoms with Crippen LogP contribution in [-0.4, -0.2) is 44.0 Å². The summed E-state index contributed by atoms with van der Waals surface area (Å²) in [7, 11) is 3.23. The molecule has 2 aromatic carbocycles. The van der Waals surface area contributed by atoms with Crippen LogP contribution in [0.4, 0.5) is 4.79 Å². The second-order valence-electron chi connectivity index (χ2n) is 9.48. The van der Waals surface area contributed by atoms with E-state index in [9.17, 15) is 9.59 Å². The smallest absolute Gasteiger partial charge is 0.408 e. The molecule has 186 valence electrons. The molecule has 0 bridgehead atoms. The minimum absolute atomic E-state index is 0.373. The van der Waals surface area contributed by atoms with Gasteiger partial charge in [-0.3, -0.25) is 0 Å². The highest BCUT2D eigenvalue weighted by molar-refractivity contribution is 5.81. The van der Waals surface area contributed by atoms with Gasteiger partial charge in [0.05, 0.1) is 20.1 Å². The molecule has 0 saturated carbocycles. The summed E-state index contributed by atoms with van der Waals surface area (Å²) in [6.07, 6.45) is -1.27. The lowest BCUT2D eigenvalue weighted by atomic mass is 9.84. The van der Waals surface area contributed by atoms with E-state index in [2.05, 4.69) is 5.32 Å². The SMILES string of the molecule is COc1ccc(C)cc1C(c1cc(C)ccc1OC)[C@H](C)OC(=O)[C@H](C)NC(=O)OC(C)(C)C. The molecule has 0 aromatic heterocycles. The number of carbonyl (C=O) groups is 2. The van der Waals surface area contributed by atoms with Gasteiger partial charge in [-0.25, -0.2) is 9.59 Å². The molecule has 0 saturated heterocycles. The highest BCUT2D eigenvalue weighted by Crippen LogP contribution is 2.40. The molecule has 2 aromatic rings. The Morgan fingerprint density at radius 1 is 0.853 bits per heavy atom. The first-order valence-electron chi connectivity index (χ1n) is 11.3. The second kappa shape index (κ2) is 11.3. The van der Waals surface area contributed by atoms with E-state index >= 15 is 0 Å². The van der Waals surface area contributed by atoms with E-state index < -0.39 is 29.8 Å². The summed E-state index contributed by atoms with van der Waals surface area (Å²) in [5, 5.41) is 2.54. The number of benzene rings is 2. The van der Waals surface area contributed by atoms with E-state index in [1.54, 1.807) is 41.9 Å². The maximum atomic E-state index is 12.9. The Balaban J connectivity index is 2.41. The van der Waals surface area contributed by atoms with E-state index in [0.717, 1.165) is 22.3 Å². The number of ether oxygens (including phenoxy) is 4. The van der Waals surface area contributed by atoms with Crippen LogP contribution < -0.4 is 14.8 Å². The van der Waals surface area contributed by atoms with Crippen molar-refractivity contribution in [2.24, 2.45) is 0 Å². The lowest BCUT2D eigenvalue weighted by Crippen LogP contribution is -2.43. The summed E-state index contributed by atoms with van der Waals surface area (Å²) < 4.78 is 22.4. The average Bonchev–Trinajstić information content (AvgIpc) is 2.72. The number of carbonyl (C=O) groups excluding carboxylic acids is 2. The fraction of sp³-hybridized carbons (Fsp3) is 0.481. The van der Waals surface area contributed by atoms with Gasteiger partial charge in [-0.05, 0) is 60.6 Å². The Bertz CT molecular complexity index is 957. The minimum Gasteiger partial charge on any atom is -0.496 e. The molecule has 2 atom stereocenters. The molecular formula is C27H37NO6. The summed E-state index contributed by atoms with van der Waals surface area (Å²) in [4.78, 5) is 25.0. The Labute approximate surface area is 202 Å². The summed E-state index contributed by atoms with van der Waals surface area (Å²) in [6, 6.07) is 10.9. The molecule has 0 fully saturated rings. The molecule has 0 heterocycles. The molecule has 0 unspecified atom stereocenters. The van der Waals surface area contributed by atoms with Gasteiger partial charge in [-0.1, -0.05) is 35.4 Å². The van der Waals surface area contributed by atoms with Gasteiger partial charge in [0.1, 0.15) is 29.2 Å². The Morgan fingerprint density at radius 2 is 1.32 bits per heavy atom. The first kappa shape index (κ1) is 27.0. The van der Waals surface area contributed by atoms with E-state index in [0.29, 0.717) is 11.5 Å². The fourth-order valence-electron chi connectivity index (χ4n) is 3.76. The molecule has 7 nitrogen and oxygen atoms in total. The predicted molar refractivity (Wildman–Crippen MR) is 132 cm³/mol. The van der Waals surface area contributed by atoms with Crippen molar-refractivity contribution in [3.05, 3.63) is 58.7 Å². The van der Waals surface area contributed by atoms with Gasteiger partial charge in [-0.2, -0.15) is 0 Å². The van der Waals surface area contributed by atoms with Crippen LogP contribution in [0.3, 0.4) is 0 Å². The largest absolute Gasteiger partial charge is 0.496 e. The zero-order valence-corrected chi connectivity index (χ0v) is 21.6. The van der Waals surface area contributed by atoms with Crippen LogP contribution in [-0.2, 0) is 14.3 Å². The number of aryl methyl sites for hydroxylation is 2. The van der Waals surface area contributed by atoms with Gasteiger partial charge in [0, 0.05) is 11.1 Å². The van der Waals surface area contributed by atoms with Crippen molar-refractivity contribution in [3.8, 4) is 11.5 Å². The van der Waals surface area contributed by atoms with Crippen LogP contribution in [0.5, 0.6) is 11.5 Å². The first-order chi connectivity index (χ1) is 15.9. The van der Waals surface area contributed by atoms with Crippen LogP contribution in [0.25, 0.3) is 0 Å². The molecule has 0 aliphatic carbocycles.